The predicted molar refractivity (Wildman–Crippen MR) is 101 cm³/mol. The number of hydrogen-bond acceptors (Lipinski definition) is 3. The van der Waals surface area contributed by atoms with Gasteiger partial charge in [-0.3, -0.25) is 0 Å². The Morgan fingerprint density at radius 2 is 1.85 bits per heavy atom. The quantitative estimate of drug-likeness (QED) is 0.572. The zero-order valence-corrected chi connectivity index (χ0v) is 15.1. The minimum absolute atomic E-state index is 0.0127. The zero-order valence-electron chi connectivity index (χ0n) is 14.2. The first-order valence-corrected chi connectivity index (χ1v) is 9.64. The van der Waals surface area contributed by atoms with E-state index in [0.717, 1.165) is 11.3 Å². The molecule has 2 rings (SSSR count). The number of nitrogens with one attached hydrogen (secondary N) is 1. The van der Waals surface area contributed by atoms with Crippen molar-refractivity contribution in [3.63, 3.8) is 0 Å². The molecule has 0 heterocycles. The molecule has 0 radical (unpaired) electrons. The van der Waals surface area contributed by atoms with E-state index in [1.807, 2.05) is 24.3 Å². The van der Waals surface area contributed by atoms with Crippen molar-refractivity contribution >= 4 is 10.0 Å². The van der Waals surface area contributed by atoms with E-state index in [9.17, 15) is 12.8 Å². The van der Waals surface area contributed by atoms with Crippen LogP contribution in [-0.2, 0) is 22.2 Å². The normalized spacial score (nSPS) is 10.7. The number of benzene rings is 2. The Balaban J connectivity index is 1.79. The van der Waals surface area contributed by atoms with E-state index < -0.39 is 15.8 Å². The molecule has 136 valence electrons. The molecule has 2 aromatic rings. The highest BCUT2D eigenvalue weighted by atomic mass is 32.2. The van der Waals surface area contributed by atoms with Gasteiger partial charge in [0.25, 0.3) is 0 Å². The Labute approximate surface area is 153 Å². The highest BCUT2D eigenvalue weighted by Crippen LogP contribution is 2.18. The highest BCUT2D eigenvalue weighted by molar-refractivity contribution is 7.88. The van der Waals surface area contributed by atoms with Gasteiger partial charge >= 0.3 is 0 Å². The van der Waals surface area contributed by atoms with E-state index in [0.29, 0.717) is 12.0 Å². The van der Waals surface area contributed by atoms with Gasteiger partial charge in [0, 0.05) is 0 Å². The fourth-order valence-electron chi connectivity index (χ4n) is 2.19. The van der Waals surface area contributed by atoms with Gasteiger partial charge in [-0.05, 0) is 35.7 Å². The van der Waals surface area contributed by atoms with E-state index in [1.165, 1.54) is 24.3 Å². The molecule has 2 aromatic carbocycles. The van der Waals surface area contributed by atoms with Crippen LogP contribution >= 0.6 is 0 Å². The smallest absolute Gasteiger partial charge is 0.216 e. The zero-order chi connectivity index (χ0) is 18.8. The maximum absolute atomic E-state index is 12.8. The van der Waals surface area contributed by atoms with Gasteiger partial charge in [-0.2, -0.15) is 0 Å². The van der Waals surface area contributed by atoms with Crippen LogP contribution in [-0.4, -0.2) is 21.6 Å². The van der Waals surface area contributed by atoms with Gasteiger partial charge in [-0.15, -0.1) is 6.58 Å². The summed E-state index contributed by atoms with van der Waals surface area (Å²) in [7, 11) is -3.53. The van der Waals surface area contributed by atoms with Crippen LogP contribution in [0.15, 0.2) is 61.2 Å². The number of hydrogen-bond donors (Lipinski definition) is 1. The van der Waals surface area contributed by atoms with Gasteiger partial charge in [0.2, 0.25) is 10.0 Å². The minimum atomic E-state index is -3.53. The molecule has 0 aliphatic heterocycles. The van der Waals surface area contributed by atoms with Crippen LogP contribution in [0.3, 0.4) is 0 Å². The molecule has 26 heavy (non-hydrogen) atoms. The van der Waals surface area contributed by atoms with Crippen LogP contribution in [0.4, 0.5) is 4.39 Å². The summed E-state index contributed by atoms with van der Waals surface area (Å²) in [5.74, 6) is 5.60. The van der Waals surface area contributed by atoms with Crippen LogP contribution in [0.5, 0.6) is 5.75 Å². The summed E-state index contributed by atoms with van der Waals surface area (Å²) in [6.45, 7) is 3.86. The Kier molecular flexibility index (Phi) is 7.39. The molecule has 6 heteroatoms. The molecule has 0 spiro atoms. The molecule has 0 fully saturated rings. The Morgan fingerprint density at radius 1 is 1.12 bits per heavy atom. The van der Waals surface area contributed by atoms with Gasteiger partial charge < -0.3 is 4.74 Å². The van der Waals surface area contributed by atoms with E-state index >= 15 is 0 Å². The minimum Gasteiger partial charge on any atom is -0.481 e. The van der Waals surface area contributed by atoms with Crippen molar-refractivity contribution in [2.24, 2.45) is 0 Å². The predicted octanol–water partition coefficient (Wildman–Crippen LogP) is 3.06. The van der Waals surface area contributed by atoms with E-state index in [-0.39, 0.29) is 18.9 Å². The molecular weight excluding hydrogens is 353 g/mol. The largest absolute Gasteiger partial charge is 0.481 e. The van der Waals surface area contributed by atoms with E-state index in [4.69, 9.17) is 4.74 Å². The van der Waals surface area contributed by atoms with Crippen LogP contribution < -0.4 is 9.46 Å². The molecule has 0 saturated carbocycles. The lowest BCUT2D eigenvalue weighted by Gasteiger charge is -2.07. The average molecular weight is 373 g/mol. The van der Waals surface area contributed by atoms with Crippen molar-refractivity contribution in [2.45, 2.75) is 12.2 Å². The molecule has 0 unspecified atom stereocenters. The molecule has 0 saturated heterocycles. The fraction of sp³-hybridized carbons (Fsp3) is 0.200. The molecule has 0 aromatic heterocycles. The molecule has 4 nitrogen and oxygen atoms in total. The van der Waals surface area contributed by atoms with Crippen molar-refractivity contribution in [3.05, 3.63) is 78.1 Å². The third-order valence-electron chi connectivity index (χ3n) is 3.41. The maximum atomic E-state index is 12.8. The summed E-state index contributed by atoms with van der Waals surface area (Å²) in [4.78, 5) is 0. The number of para-hydroxylation sites is 1. The average Bonchev–Trinajstić information content (AvgIpc) is 2.61. The van der Waals surface area contributed by atoms with Gasteiger partial charge in [-0.1, -0.05) is 48.2 Å². The summed E-state index contributed by atoms with van der Waals surface area (Å²) in [6.07, 6.45) is 2.50. The SMILES string of the molecule is C=CCc1ccccc1OCC#CCNS(=O)(=O)Cc1ccc(F)cc1. The third-order valence-corrected chi connectivity index (χ3v) is 4.71. The molecule has 0 amide bonds. The molecule has 0 bridgehead atoms. The van der Waals surface area contributed by atoms with Gasteiger partial charge in [0.05, 0.1) is 12.3 Å². The second-order valence-corrected chi connectivity index (χ2v) is 7.26. The second-order valence-electron chi connectivity index (χ2n) is 5.45. The van der Waals surface area contributed by atoms with Crippen LogP contribution in [0.25, 0.3) is 0 Å². The second kappa shape index (κ2) is 9.76. The molecule has 1 N–H and O–H groups in total. The molecule has 0 aliphatic rings. The number of ether oxygens (including phenoxy) is 1. The highest BCUT2D eigenvalue weighted by Gasteiger charge is 2.10. The summed E-state index contributed by atoms with van der Waals surface area (Å²) < 4.78 is 44.7. The molecular formula is C20H20FNO3S. The number of rotatable bonds is 8. The lowest BCUT2D eigenvalue weighted by Crippen LogP contribution is -2.25. The standard InChI is InChI=1S/C20H20FNO3S/c1-2-7-18-8-3-4-9-20(18)25-15-6-5-14-22-26(23,24)16-17-10-12-19(21)13-11-17/h2-4,8-13,22H,1,7,14-16H2. The Hall–Kier alpha value is -2.62. The van der Waals surface area contributed by atoms with Crippen molar-refractivity contribution < 1.29 is 17.5 Å². The van der Waals surface area contributed by atoms with Crippen molar-refractivity contribution in [3.8, 4) is 17.6 Å². The Morgan fingerprint density at radius 3 is 2.58 bits per heavy atom. The van der Waals surface area contributed by atoms with E-state index in [1.54, 1.807) is 6.08 Å². The summed E-state index contributed by atoms with van der Waals surface area (Å²) in [6, 6.07) is 12.9. The van der Waals surface area contributed by atoms with Crippen LogP contribution in [0, 0.1) is 17.7 Å². The van der Waals surface area contributed by atoms with Crippen LogP contribution in [0.2, 0.25) is 0 Å². The lowest BCUT2D eigenvalue weighted by molar-refractivity contribution is 0.366. The van der Waals surface area contributed by atoms with Gasteiger partial charge in [-0.25, -0.2) is 17.5 Å². The van der Waals surface area contributed by atoms with Gasteiger partial charge in [0.1, 0.15) is 18.2 Å². The Bertz CT molecular complexity index is 897. The van der Waals surface area contributed by atoms with Crippen molar-refractivity contribution in [1.82, 2.24) is 4.72 Å². The van der Waals surface area contributed by atoms with Crippen LogP contribution in [0.1, 0.15) is 11.1 Å². The maximum Gasteiger partial charge on any atom is 0.216 e. The third kappa shape index (κ3) is 6.71. The fourth-order valence-corrected chi connectivity index (χ4v) is 3.22. The lowest BCUT2D eigenvalue weighted by atomic mass is 10.1. The molecule has 0 aliphatic carbocycles. The first-order chi connectivity index (χ1) is 12.5. The monoisotopic (exact) mass is 373 g/mol. The molecule has 0 atom stereocenters. The summed E-state index contributed by atoms with van der Waals surface area (Å²) in [5, 5.41) is 0. The number of allylic oxidation sites excluding steroid dienone is 1. The van der Waals surface area contributed by atoms with Gasteiger partial charge in [0.15, 0.2) is 0 Å². The summed E-state index contributed by atoms with van der Waals surface area (Å²) in [5.41, 5.74) is 1.53. The summed E-state index contributed by atoms with van der Waals surface area (Å²) >= 11 is 0. The van der Waals surface area contributed by atoms with E-state index in [2.05, 4.69) is 23.1 Å². The van der Waals surface area contributed by atoms with Crippen molar-refractivity contribution in [2.75, 3.05) is 13.2 Å². The number of halogens is 1. The van der Waals surface area contributed by atoms with Crippen molar-refractivity contribution in [1.29, 1.82) is 0 Å². The topological polar surface area (TPSA) is 55.4 Å². The first-order valence-electron chi connectivity index (χ1n) is 7.99. The number of sulfonamides is 1. The first kappa shape index (κ1) is 19.7.